The number of amides is 1. The van der Waals surface area contributed by atoms with Crippen LogP contribution in [-0.4, -0.2) is 18.1 Å². The Morgan fingerprint density at radius 3 is 2.83 bits per heavy atom. The molecule has 0 bridgehead atoms. The quantitative estimate of drug-likeness (QED) is 0.841. The lowest BCUT2D eigenvalue weighted by molar-refractivity contribution is 0.103. The second-order valence-electron chi connectivity index (χ2n) is 3.47. The third kappa shape index (κ3) is 2.60. The Balaban J connectivity index is 2.13. The molecule has 0 atom stereocenters. The summed E-state index contributed by atoms with van der Waals surface area (Å²) in [6.07, 6.45) is 0. The Bertz CT molecular complexity index is 582. The van der Waals surface area contributed by atoms with Crippen molar-refractivity contribution in [1.82, 2.24) is 0 Å². The fourth-order valence-corrected chi connectivity index (χ4v) is 2.07. The van der Waals surface area contributed by atoms with Crippen LogP contribution < -0.4 is 10.1 Å². The van der Waals surface area contributed by atoms with Crippen LogP contribution >= 0.6 is 11.3 Å². The molecule has 0 saturated heterocycles. The number of anilines is 1. The summed E-state index contributed by atoms with van der Waals surface area (Å²) < 4.78 is 18.0. The molecule has 0 radical (unpaired) electrons. The smallest absolute Gasteiger partial charge is 0.265 e. The summed E-state index contributed by atoms with van der Waals surface area (Å²) in [5, 5.41) is 13.3. The Labute approximate surface area is 107 Å². The van der Waals surface area contributed by atoms with Gasteiger partial charge in [0.05, 0.1) is 12.0 Å². The zero-order valence-electron chi connectivity index (χ0n) is 9.44. The lowest BCUT2D eigenvalue weighted by Crippen LogP contribution is -2.10. The normalized spacial score (nSPS) is 10.1. The second-order valence-corrected chi connectivity index (χ2v) is 4.38. The molecule has 1 aromatic heterocycles. The van der Waals surface area contributed by atoms with Gasteiger partial charge >= 0.3 is 0 Å². The van der Waals surface area contributed by atoms with Crippen LogP contribution in [0.3, 0.4) is 0 Å². The number of rotatable bonds is 3. The number of phenolic OH excluding ortho intramolecular Hbond substituents is 1. The number of ether oxygens (including phenoxy) is 1. The van der Waals surface area contributed by atoms with E-state index in [1.807, 2.05) is 0 Å². The highest BCUT2D eigenvalue weighted by molar-refractivity contribution is 7.12. The van der Waals surface area contributed by atoms with Crippen LogP contribution in [-0.2, 0) is 0 Å². The lowest BCUT2D eigenvalue weighted by Gasteiger charge is -2.04. The van der Waals surface area contributed by atoms with E-state index in [9.17, 15) is 9.18 Å². The zero-order chi connectivity index (χ0) is 13.1. The van der Waals surface area contributed by atoms with Crippen molar-refractivity contribution in [3.63, 3.8) is 0 Å². The zero-order valence-corrected chi connectivity index (χ0v) is 10.3. The van der Waals surface area contributed by atoms with Crippen molar-refractivity contribution < 1.29 is 19.0 Å². The standard InChI is InChI=1S/C12H10FNO3S/c1-17-8-5-11(18-6-8)12(16)14-7-2-3-10(15)9(13)4-7/h2-6,15H,1H3,(H,14,16). The molecule has 0 spiro atoms. The Morgan fingerprint density at radius 1 is 1.44 bits per heavy atom. The van der Waals surface area contributed by atoms with Crippen molar-refractivity contribution in [2.75, 3.05) is 12.4 Å². The van der Waals surface area contributed by atoms with Crippen molar-refractivity contribution in [2.24, 2.45) is 0 Å². The van der Waals surface area contributed by atoms with Crippen LogP contribution in [0, 0.1) is 5.82 Å². The van der Waals surface area contributed by atoms with E-state index in [2.05, 4.69) is 5.32 Å². The number of aromatic hydroxyl groups is 1. The highest BCUT2D eigenvalue weighted by Crippen LogP contribution is 2.23. The Hall–Kier alpha value is -2.08. The SMILES string of the molecule is COc1csc(C(=O)Nc2ccc(O)c(F)c2)c1. The highest BCUT2D eigenvalue weighted by Gasteiger charge is 2.11. The van der Waals surface area contributed by atoms with Gasteiger partial charge in [0.25, 0.3) is 5.91 Å². The van der Waals surface area contributed by atoms with Crippen molar-refractivity contribution in [3.05, 3.63) is 40.3 Å². The number of benzene rings is 1. The molecule has 0 unspecified atom stereocenters. The van der Waals surface area contributed by atoms with Crippen LogP contribution in [0.1, 0.15) is 9.67 Å². The fourth-order valence-electron chi connectivity index (χ4n) is 1.32. The summed E-state index contributed by atoms with van der Waals surface area (Å²) in [5.74, 6) is -0.988. The molecule has 0 aliphatic heterocycles. The molecule has 2 aromatic rings. The van der Waals surface area contributed by atoms with E-state index >= 15 is 0 Å². The van der Waals surface area contributed by atoms with Gasteiger partial charge < -0.3 is 15.2 Å². The van der Waals surface area contributed by atoms with Gasteiger partial charge in [-0.05, 0) is 12.1 Å². The molecule has 1 aromatic carbocycles. The van der Waals surface area contributed by atoms with Crippen molar-refractivity contribution >= 4 is 22.9 Å². The maximum atomic E-state index is 13.1. The van der Waals surface area contributed by atoms with Crippen molar-refractivity contribution in [3.8, 4) is 11.5 Å². The average molecular weight is 267 g/mol. The summed E-state index contributed by atoms with van der Waals surface area (Å²) in [5.41, 5.74) is 0.280. The summed E-state index contributed by atoms with van der Waals surface area (Å²) in [4.78, 5) is 12.3. The van der Waals surface area contributed by atoms with Gasteiger partial charge in [-0.2, -0.15) is 0 Å². The predicted molar refractivity (Wildman–Crippen MR) is 66.9 cm³/mol. The molecule has 0 aliphatic carbocycles. The first kappa shape index (κ1) is 12.4. The number of nitrogens with one attached hydrogen (secondary N) is 1. The van der Waals surface area contributed by atoms with Gasteiger partial charge in [-0.15, -0.1) is 11.3 Å². The van der Waals surface area contributed by atoms with E-state index in [1.165, 1.54) is 30.6 Å². The molecule has 6 heteroatoms. The number of carbonyl (C=O) groups is 1. The van der Waals surface area contributed by atoms with E-state index in [0.29, 0.717) is 10.6 Å². The third-order valence-electron chi connectivity index (χ3n) is 2.24. The molecule has 2 rings (SSSR count). The second kappa shape index (κ2) is 5.05. The van der Waals surface area contributed by atoms with E-state index in [4.69, 9.17) is 9.84 Å². The first-order valence-corrected chi connectivity index (χ1v) is 5.90. The minimum Gasteiger partial charge on any atom is -0.505 e. The van der Waals surface area contributed by atoms with Gasteiger partial charge in [0.15, 0.2) is 11.6 Å². The number of thiophene rings is 1. The first-order chi connectivity index (χ1) is 8.60. The first-order valence-electron chi connectivity index (χ1n) is 5.02. The van der Waals surface area contributed by atoms with E-state index in [1.54, 1.807) is 11.4 Å². The predicted octanol–water partition coefficient (Wildman–Crippen LogP) is 2.85. The van der Waals surface area contributed by atoms with E-state index in [-0.39, 0.29) is 11.6 Å². The van der Waals surface area contributed by atoms with E-state index < -0.39 is 11.6 Å². The average Bonchev–Trinajstić information content (AvgIpc) is 2.82. The molecule has 2 N–H and O–H groups in total. The Morgan fingerprint density at radius 2 is 2.22 bits per heavy atom. The number of carbonyl (C=O) groups excluding carboxylic acids is 1. The summed E-state index contributed by atoms with van der Waals surface area (Å²) >= 11 is 1.23. The van der Waals surface area contributed by atoms with Crippen LogP contribution in [0.4, 0.5) is 10.1 Å². The minimum atomic E-state index is -0.781. The molecule has 0 aliphatic rings. The molecule has 1 amide bonds. The summed E-state index contributed by atoms with van der Waals surface area (Å²) in [6.45, 7) is 0. The molecular weight excluding hydrogens is 257 g/mol. The van der Waals surface area contributed by atoms with Crippen molar-refractivity contribution in [1.29, 1.82) is 0 Å². The molecule has 0 saturated carbocycles. The highest BCUT2D eigenvalue weighted by atomic mass is 32.1. The number of hydrogen-bond acceptors (Lipinski definition) is 4. The lowest BCUT2D eigenvalue weighted by atomic mass is 10.3. The minimum absolute atomic E-state index is 0.280. The maximum Gasteiger partial charge on any atom is 0.265 e. The molecular formula is C12H10FNO3S. The van der Waals surface area contributed by atoms with Crippen LogP contribution in [0.25, 0.3) is 0 Å². The molecule has 4 nitrogen and oxygen atoms in total. The molecule has 94 valence electrons. The number of phenols is 1. The number of methoxy groups -OCH3 is 1. The van der Waals surface area contributed by atoms with Crippen molar-refractivity contribution in [2.45, 2.75) is 0 Å². The molecule has 0 fully saturated rings. The summed E-state index contributed by atoms with van der Waals surface area (Å²) in [7, 11) is 1.51. The third-order valence-corrected chi connectivity index (χ3v) is 3.15. The van der Waals surface area contributed by atoms with Gasteiger partial charge in [0.2, 0.25) is 0 Å². The number of hydrogen-bond donors (Lipinski definition) is 2. The van der Waals surface area contributed by atoms with Gasteiger partial charge in [-0.1, -0.05) is 0 Å². The Kier molecular flexibility index (Phi) is 3.47. The largest absolute Gasteiger partial charge is 0.505 e. The topological polar surface area (TPSA) is 58.6 Å². The monoisotopic (exact) mass is 267 g/mol. The fraction of sp³-hybridized carbons (Fsp3) is 0.0833. The van der Waals surface area contributed by atoms with Crippen LogP contribution in [0.15, 0.2) is 29.6 Å². The van der Waals surface area contributed by atoms with Gasteiger partial charge in [0, 0.05) is 23.2 Å². The number of halogens is 1. The van der Waals surface area contributed by atoms with Crippen LogP contribution in [0.2, 0.25) is 0 Å². The van der Waals surface area contributed by atoms with Crippen LogP contribution in [0.5, 0.6) is 11.5 Å². The van der Waals surface area contributed by atoms with Gasteiger partial charge in [-0.3, -0.25) is 4.79 Å². The molecule has 18 heavy (non-hydrogen) atoms. The summed E-state index contributed by atoms with van der Waals surface area (Å²) in [6, 6.07) is 5.25. The molecule has 1 heterocycles. The van der Waals surface area contributed by atoms with Gasteiger partial charge in [0.1, 0.15) is 5.75 Å². The van der Waals surface area contributed by atoms with E-state index in [0.717, 1.165) is 6.07 Å². The maximum absolute atomic E-state index is 13.1. The van der Waals surface area contributed by atoms with Gasteiger partial charge in [-0.25, -0.2) is 4.39 Å².